The van der Waals surface area contributed by atoms with Crippen LogP contribution in [0.2, 0.25) is 0 Å². The van der Waals surface area contributed by atoms with Gasteiger partial charge in [0.2, 0.25) is 0 Å². The number of amides is 1. The van der Waals surface area contributed by atoms with E-state index >= 15 is 0 Å². The number of likely N-dealkylation sites (tertiary alicyclic amines) is 1. The Bertz CT molecular complexity index is 460. The van der Waals surface area contributed by atoms with Gasteiger partial charge in [0.15, 0.2) is 0 Å². The fraction of sp³-hybridized carbons (Fsp3) is 0.429. The Balaban J connectivity index is 2.24. The van der Waals surface area contributed by atoms with Crippen molar-refractivity contribution in [3.05, 3.63) is 35.9 Å². The lowest BCUT2D eigenvalue weighted by atomic mass is 9.89. The van der Waals surface area contributed by atoms with Crippen LogP contribution in [0.25, 0.3) is 0 Å². The smallest absolute Gasteiger partial charge is 0.409 e. The van der Waals surface area contributed by atoms with E-state index in [4.69, 9.17) is 9.47 Å². The van der Waals surface area contributed by atoms with Crippen LogP contribution in [0.3, 0.4) is 0 Å². The van der Waals surface area contributed by atoms with Gasteiger partial charge in [-0.25, -0.2) is 4.79 Å². The molecule has 1 saturated heterocycles. The first-order valence-corrected chi connectivity index (χ1v) is 6.13. The number of hydrogen-bond acceptors (Lipinski definition) is 4. The second-order valence-electron chi connectivity index (χ2n) is 4.52. The summed E-state index contributed by atoms with van der Waals surface area (Å²) in [6.45, 7) is 0.801. The van der Waals surface area contributed by atoms with Gasteiger partial charge in [0, 0.05) is 19.0 Å². The molecule has 1 aliphatic rings. The number of hydrogen-bond donors (Lipinski definition) is 0. The van der Waals surface area contributed by atoms with E-state index in [1.54, 1.807) is 4.90 Å². The molecule has 0 spiro atoms. The largest absolute Gasteiger partial charge is 0.469 e. The molecule has 0 aliphatic carbocycles. The van der Waals surface area contributed by atoms with Crippen molar-refractivity contribution in [3.8, 4) is 0 Å². The summed E-state index contributed by atoms with van der Waals surface area (Å²) in [4.78, 5) is 25.0. The molecule has 0 radical (unpaired) electrons. The predicted octanol–water partition coefficient (Wildman–Crippen LogP) is 1.64. The summed E-state index contributed by atoms with van der Waals surface area (Å²) in [6, 6.07) is 9.68. The van der Waals surface area contributed by atoms with Crippen LogP contribution in [0.4, 0.5) is 4.79 Å². The Morgan fingerprint density at radius 1 is 1.11 bits per heavy atom. The number of esters is 1. The number of carbonyl (C=O) groups is 2. The van der Waals surface area contributed by atoms with Crippen LogP contribution < -0.4 is 0 Å². The van der Waals surface area contributed by atoms with Crippen LogP contribution >= 0.6 is 0 Å². The van der Waals surface area contributed by atoms with E-state index in [1.807, 2.05) is 30.3 Å². The van der Waals surface area contributed by atoms with Gasteiger partial charge in [0.25, 0.3) is 0 Å². The molecule has 19 heavy (non-hydrogen) atoms. The van der Waals surface area contributed by atoms with Gasteiger partial charge in [0.1, 0.15) is 0 Å². The van der Waals surface area contributed by atoms with E-state index < -0.39 is 6.09 Å². The van der Waals surface area contributed by atoms with Crippen molar-refractivity contribution in [2.75, 3.05) is 27.3 Å². The molecule has 102 valence electrons. The second kappa shape index (κ2) is 5.73. The van der Waals surface area contributed by atoms with Crippen molar-refractivity contribution < 1.29 is 19.1 Å². The summed E-state index contributed by atoms with van der Waals surface area (Å²) in [5.41, 5.74) is 1.03. The lowest BCUT2D eigenvalue weighted by Crippen LogP contribution is -2.29. The highest BCUT2D eigenvalue weighted by Crippen LogP contribution is 2.33. The minimum absolute atomic E-state index is 0.0484. The summed E-state index contributed by atoms with van der Waals surface area (Å²) in [7, 11) is 2.70. The maximum Gasteiger partial charge on any atom is 0.409 e. The Hall–Kier alpha value is -2.04. The van der Waals surface area contributed by atoms with E-state index in [1.165, 1.54) is 14.2 Å². The van der Waals surface area contributed by atoms with E-state index in [0.29, 0.717) is 13.1 Å². The highest BCUT2D eigenvalue weighted by molar-refractivity contribution is 5.77. The molecule has 2 unspecified atom stereocenters. The third-order valence-electron chi connectivity index (χ3n) is 3.48. The number of ether oxygens (including phenoxy) is 2. The monoisotopic (exact) mass is 263 g/mol. The zero-order valence-electron chi connectivity index (χ0n) is 11.0. The van der Waals surface area contributed by atoms with Crippen LogP contribution in [0.1, 0.15) is 11.5 Å². The van der Waals surface area contributed by atoms with E-state index in [9.17, 15) is 9.59 Å². The maximum atomic E-state index is 11.9. The number of methoxy groups -OCH3 is 2. The minimum Gasteiger partial charge on any atom is -0.469 e. The van der Waals surface area contributed by atoms with E-state index in [0.717, 1.165) is 5.56 Å². The Morgan fingerprint density at radius 3 is 2.37 bits per heavy atom. The number of rotatable bonds is 2. The molecule has 5 nitrogen and oxygen atoms in total. The van der Waals surface area contributed by atoms with Gasteiger partial charge < -0.3 is 14.4 Å². The molecule has 1 aromatic carbocycles. The van der Waals surface area contributed by atoms with E-state index in [2.05, 4.69) is 0 Å². The molecule has 0 aromatic heterocycles. The van der Waals surface area contributed by atoms with Crippen molar-refractivity contribution in [3.63, 3.8) is 0 Å². The van der Waals surface area contributed by atoms with Gasteiger partial charge in [-0.2, -0.15) is 0 Å². The molecule has 2 rings (SSSR count). The SMILES string of the molecule is COC(=O)C1CN(C(=O)OC)CC1c1ccccc1. The topological polar surface area (TPSA) is 55.8 Å². The maximum absolute atomic E-state index is 11.9. The van der Waals surface area contributed by atoms with Gasteiger partial charge in [-0.05, 0) is 5.56 Å². The Labute approximate surface area is 112 Å². The highest BCUT2D eigenvalue weighted by Gasteiger charge is 2.41. The van der Waals surface area contributed by atoms with Gasteiger partial charge >= 0.3 is 12.1 Å². The first-order chi connectivity index (χ1) is 9.17. The molecule has 0 saturated carbocycles. The quantitative estimate of drug-likeness (QED) is 0.761. The standard InChI is InChI=1S/C14H17NO4/c1-18-13(16)12-9-15(14(17)19-2)8-11(12)10-6-4-3-5-7-10/h3-7,11-12H,8-9H2,1-2H3. The number of nitrogens with zero attached hydrogens (tertiary/aromatic N) is 1. The van der Waals surface area contributed by atoms with Crippen LogP contribution in [0.5, 0.6) is 0 Å². The van der Waals surface area contributed by atoms with Crippen LogP contribution in [0, 0.1) is 5.92 Å². The molecule has 1 heterocycles. The molecule has 1 aliphatic heterocycles. The van der Waals surface area contributed by atoms with Crippen molar-refractivity contribution in [2.45, 2.75) is 5.92 Å². The highest BCUT2D eigenvalue weighted by atomic mass is 16.5. The van der Waals surface area contributed by atoms with Crippen molar-refractivity contribution in [2.24, 2.45) is 5.92 Å². The molecule has 2 atom stereocenters. The molecule has 1 aromatic rings. The van der Waals surface area contributed by atoms with Crippen molar-refractivity contribution in [1.82, 2.24) is 4.90 Å². The zero-order valence-corrected chi connectivity index (χ0v) is 11.0. The lowest BCUT2D eigenvalue weighted by molar-refractivity contribution is -0.145. The summed E-state index contributed by atoms with van der Waals surface area (Å²) in [5.74, 6) is -0.681. The third kappa shape index (κ3) is 2.70. The average Bonchev–Trinajstić information content (AvgIpc) is 2.91. The van der Waals surface area contributed by atoms with Crippen molar-refractivity contribution in [1.29, 1.82) is 0 Å². The molecule has 1 fully saturated rings. The summed E-state index contributed by atoms with van der Waals surface area (Å²) < 4.78 is 9.54. The summed E-state index contributed by atoms with van der Waals surface area (Å²) >= 11 is 0. The second-order valence-corrected chi connectivity index (χ2v) is 4.52. The normalized spacial score (nSPS) is 22.1. The molecular formula is C14H17NO4. The fourth-order valence-electron chi connectivity index (χ4n) is 2.51. The molecule has 0 N–H and O–H groups in total. The van der Waals surface area contributed by atoms with Gasteiger partial charge in [-0.15, -0.1) is 0 Å². The number of carbonyl (C=O) groups excluding carboxylic acids is 2. The molecule has 1 amide bonds. The molecule has 5 heteroatoms. The van der Waals surface area contributed by atoms with Crippen LogP contribution in [0.15, 0.2) is 30.3 Å². The lowest BCUT2D eigenvalue weighted by Gasteiger charge is -2.16. The predicted molar refractivity (Wildman–Crippen MR) is 68.7 cm³/mol. The summed E-state index contributed by atoms with van der Waals surface area (Å²) in [6.07, 6.45) is -0.410. The minimum atomic E-state index is -0.410. The zero-order chi connectivity index (χ0) is 13.8. The number of benzene rings is 1. The first-order valence-electron chi connectivity index (χ1n) is 6.13. The third-order valence-corrected chi connectivity index (χ3v) is 3.48. The van der Waals surface area contributed by atoms with E-state index in [-0.39, 0.29) is 17.8 Å². The fourth-order valence-corrected chi connectivity index (χ4v) is 2.51. The first kappa shape index (κ1) is 13.4. The van der Waals surface area contributed by atoms with Gasteiger partial charge in [-0.3, -0.25) is 4.79 Å². The molecule has 0 bridgehead atoms. The van der Waals surface area contributed by atoms with Crippen LogP contribution in [-0.4, -0.2) is 44.3 Å². The average molecular weight is 263 g/mol. The van der Waals surface area contributed by atoms with Gasteiger partial charge in [0.05, 0.1) is 20.1 Å². The Morgan fingerprint density at radius 2 is 1.79 bits per heavy atom. The van der Waals surface area contributed by atoms with Crippen molar-refractivity contribution >= 4 is 12.1 Å². The van der Waals surface area contributed by atoms with Gasteiger partial charge in [-0.1, -0.05) is 30.3 Å². The van der Waals surface area contributed by atoms with Crippen LogP contribution in [-0.2, 0) is 14.3 Å². The summed E-state index contributed by atoms with van der Waals surface area (Å²) in [5, 5.41) is 0. The molecular weight excluding hydrogens is 246 g/mol. The Kier molecular flexibility index (Phi) is 4.04.